The zero-order chi connectivity index (χ0) is 16.1. The molecule has 2 rings (SSSR count). The molecule has 1 amide bonds. The lowest BCUT2D eigenvalue weighted by molar-refractivity contribution is -0.125. The number of carbonyl (C=O) groups is 1. The van der Waals surface area contributed by atoms with Crippen LogP contribution in [0.4, 0.5) is 0 Å². The van der Waals surface area contributed by atoms with Gasteiger partial charge in [0, 0.05) is 13.1 Å². The van der Waals surface area contributed by atoms with Crippen LogP contribution in [0.3, 0.4) is 0 Å². The Hall–Kier alpha value is -1.59. The second-order valence-electron chi connectivity index (χ2n) is 6.24. The number of carbonyl (C=O) groups excluding carboxylic acids is 1. The molecule has 22 heavy (non-hydrogen) atoms. The van der Waals surface area contributed by atoms with Gasteiger partial charge < -0.3 is 20.3 Å². The topological polar surface area (TPSA) is 53.6 Å². The molecule has 1 aliphatic heterocycles. The summed E-state index contributed by atoms with van der Waals surface area (Å²) in [5.74, 6) is 1.46. The predicted molar refractivity (Wildman–Crippen MR) is 88.0 cm³/mol. The first-order chi connectivity index (χ1) is 10.5. The average molecular weight is 305 g/mol. The van der Waals surface area contributed by atoms with E-state index in [1.165, 1.54) is 0 Å². The Bertz CT molecular complexity index is 504. The van der Waals surface area contributed by atoms with Gasteiger partial charge in [-0.15, -0.1) is 0 Å². The number of benzene rings is 1. The van der Waals surface area contributed by atoms with Gasteiger partial charge >= 0.3 is 0 Å². The van der Waals surface area contributed by atoms with Gasteiger partial charge in [-0.1, -0.05) is 19.1 Å². The molecule has 1 aromatic carbocycles. The molecule has 1 fully saturated rings. The molecule has 0 aliphatic carbocycles. The van der Waals surface area contributed by atoms with Crippen LogP contribution < -0.4 is 15.4 Å². The average Bonchev–Trinajstić information content (AvgIpc) is 2.93. The fraction of sp³-hybridized carbons (Fsp3) is 0.588. The highest BCUT2D eigenvalue weighted by atomic mass is 16.5. The van der Waals surface area contributed by atoms with Crippen LogP contribution in [0.1, 0.15) is 18.5 Å². The summed E-state index contributed by atoms with van der Waals surface area (Å²) in [6, 6.07) is 8.13. The molecule has 1 saturated heterocycles. The van der Waals surface area contributed by atoms with Crippen molar-refractivity contribution >= 4 is 5.91 Å². The summed E-state index contributed by atoms with van der Waals surface area (Å²) in [6.45, 7) is 4.42. The van der Waals surface area contributed by atoms with Gasteiger partial charge in [0.25, 0.3) is 0 Å². The van der Waals surface area contributed by atoms with Crippen LogP contribution in [-0.2, 0) is 4.79 Å². The zero-order valence-corrected chi connectivity index (χ0v) is 13.9. The Balaban J connectivity index is 2.01. The van der Waals surface area contributed by atoms with Gasteiger partial charge in [-0.2, -0.15) is 0 Å². The van der Waals surface area contributed by atoms with Crippen LogP contribution in [0.5, 0.6) is 5.75 Å². The smallest absolute Gasteiger partial charge is 0.224 e. The molecule has 122 valence electrons. The quantitative estimate of drug-likeness (QED) is 0.831. The van der Waals surface area contributed by atoms with Crippen molar-refractivity contribution in [2.75, 3.05) is 40.8 Å². The van der Waals surface area contributed by atoms with E-state index in [9.17, 15) is 4.79 Å². The first-order valence-corrected chi connectivity index (χ1v) is 7.81. The van der Waals surface area contributed by atoms with Gasteiger partial charge in [0.2, 0.25) is 5.91 Å². The largest absolute Gasteiger partial charge is 0.497 e. The number of methoxy groups -OCH3 is 1. The Morgan fingerprint density at radius 1 is 1.45 bits per heavy atom. The lowest BCUT2D eigenvalue weighted by atomic mass is 9.97. The predicted octanol–water partition coefficient (Wildman–Crippen LogP) is 1.27. The first-order valence-electron chi connectivity index (χ1n) is 7.81. The standard InChI is InChI=1S/C17H27N3O2/c1-12-9-18-10-15(12)17(21)19-11-16(20(2)3)13-6-5-7-14(8-13)22-4/h5-8,12,15-16,18H,9-11H2,1-4H3,(H,19,21)/t12-,15-,16?/m1/s1. The van der Waals surface area contributed by atoms with Crippen molar-refractivity contribution in [2.24, 2.45) is 11.8 Å². The van der Waals surface area contributed by atoms with Crippen LogP contribution in [0.2, 0.25) is 0 Å². The summed E-state index contributed by atoms with van der Waals surface area (Å²) in [6.07, 6.45) is 0. The van der Waals surface area contributed by atoms with Crippen LogP contribution in [-0.4, -0.2) is 51.6 Å². The number of ether oxygens (including phenoxy) is 1. The molecule has 5 nitrogen and oxygen atoms in total. The van der Waals surface area contributed by atoms with Crippen LogP contribution in [0.25, 0.3) is 0 Å². The maximum atomic E-state index is 12.3. The fourth-order valence-electron chi connectivity index (χ4n) is 2.94. The van der Waals surface area contributed by atoms with Crippen molar-refractivity contribution in [1.82, 2.24) is 15.5 Å². The maximum absolute atomic E-state index is 12.3. The van der Waals surface area contributed by atoms with E-state index in [1.54, 1.807) is 7.11 Å². The van der Waals surface area contributed by atoms with Gasteiger partial charge in [0.15, 0.2) is 0 Å². The van der Waals surface area contributed by atoms with Crippen molar-refractivity contribution in [3.05, 3.63) is 29.8 Å². The van der Waals surface area contributed by atoms with E-state index in [4.69, 9.17) is 4.74 Å². The third-order valence-electron chi connectivity index (χ3n) is 4.43. The SMILES string of the molecule is COc1cccc(C(CNC(=O)[C@@H]2CNC[C@H]2C)N(C)C)c1. The molecule has 1 heterocycles. The minimum atomic E-state index is 0.0770. The molecule has 0 spiro atoms. The molecule has 5 heteroatoms. The summed E-state index contributed by atoms with van der Waals surface area (Å²) in [5, 5.41) is 6.38. The molecular weight excluding hydrogens is 278 g/mol. The second-order valence-corrected chi connectivity index (χ2v) is 6.24. The number of amides is 1. The molecule has 3 atom stereocenters. The summed E-state index contributed by atoms with van der Waals surface area (Å²) in [5.41, 5.74) is 1.14. The maximum Gasteiger partial charge on any atom is 0.224 e. The fourth-order valence-corrected chi connectivity index (χ4v) is 2.94. The van der Waals surface area contributed by atoms with Gasteiger partial charge in [0.1, 0.15) is 5.75 Å². The van der Waals surface area contributed by atoms with Crippen molar-refractivity contribution in [2.45, 2.75) is 13.0 Å². The number of likely N-dealkylation sites (N-methyl/N-ethyl adjacent to an activating group) is 1. The van der Waals surface area contributed by atoms with Crippen molar-refractivity contribution < 1.29 is 9.53 Å². The summed E-state index contributed by atoms with van der Waals surface area (Å²) in [7, 11) is 5.71. The lowest BCUT2D eigenvalue weighted by Crippen LogP contribution is -2.39. The van der Waals surface area contributed by atoms with E-state index >= 15 is 0 Å². The molecule has 0 radical (unpaired) electrons. The summed E-state index contributed by atoms with van der Waals surface area (Å²) < 4.78 is 5.29. The molecule has 0 saturated carbocycles. The Labute approximate surface area is 133 Å². The zero-order valence-electron chi connectivity index (χ0n) is 13.9. The van der Waals surface area contributed by atoms with E-state index in [-0.39, 0.29) is 17.9 Å². The molecule has 0 aromatic heterocycles. The van der Waals surface area contributed by atoms with Crippen molar-refractivity contribution in [1.29, 1.82) is 0 Å². The normalized spacial score (nSPS) is 22.6. The lowest BCUT2D eigenvalue weighted by Gasteiger charge is -2.26. The van der Waals surface area contributed by atoms with Gasteiger partial charge in [-0.05, 0) is 44.3 Å². The monoisotopic (exact) mass is 305 g/mol. The van der Waals surface area contributed by atoms with E-state index in [0.29, 0.717) is 12.5 Å². The summed E-state index contributed by atoms with van der Waals surface area (Å²) in [4.78, 5) is 14.5. The highest BCUT2D eigenvalue weighted by Crippen LogP contribution is 2.22. The number of hydrogen-bond acceptors (Lipinski definition) is 4. The molecule has 1 aliphatic rings. The number of rotatable bonds is 6. The molecule has 2 N–H and O–H groups in total. The number of hydrogen-bond donors (Lipinski definition) is 2. The summed E-state index contributed by atoms with van der Waals surface area (Å²) >= 11 is 0. The van der Waals surface area contributed by atoms with Crippen LogP contribution in [0, 0.1) is 11.8 Å². The van der Waals surface area contributed by atoms with Gasteiger partial charge in [0.05, 0.1) is 19.1 Å². The van der Waals surface area contributed by atoms with Crippen LogP contribution in [0.15, 0.2) is 24.3 Å². The molecular formula is C17H27N3O2. The molecule has 0 bridgehead atoms. The Kier molecular flexibility index (Phi) is 5.80. The Morgan fingerprint density at radius 3 is 2.82 bits per heavy atom. The van der Waals surface area contributed by atoms with Crippen LogP contribution >= 0.6 is 0 Å². The minimum absolute atomic E-state index is 0.0770. The molecule has 1 unspecified atom stereocenters. The van der Waals surface area contributed by atoms with E-state index in [2.05, 4.69) is 28.5 Å². The number of nitrogens with one attached hydrogen (secondary N) is 2. The highest BCUT2D eigenvalue weighted by Gasteiger charge is 2.29. The highest BCUT2D eigenvalue weighted by molar-refractivity contribution is 5.79. The Morgan fingerprint density at radius 2 is 2.23 bits per heavy atom. The minimum Gasteiger partial charge on any atom is -0.497 e. The third kappa shape index (κ3) is 3.99. The van der Waals surface area contributed by atoms with E-state index < -0.39 is 0 Å². The van der Waals surface area contributed by atoms with E-state index in [0.717, 1.165) is 24.4 Å². The second kappa shape index (κ2) is 7.61. The number of nitrogens with zero attached hydrogens (tertiary/aromatic N) is 1. The van der Waals surface area contributed by atoms with Gasteiger partial charge in [-0.3, -0.25) is 4.79 Å². The first kappa shape index (κ1) is 16.8. The molecule has 1 aromatic rings. The van der Waals surface area contributed by atoms with Crippen molar-refractivity contribution in [3.8, 4) is 5.75 Å². The van der Waals surface area contributed by atoms with Gasteiger partial charge in [-0.25, -0.2) is 0 Å². The van der Waals surface area contributed by atoms with Crippen molar-refractivity contribution in [3.63, 3.8) is 0 Å². The van der Waals surface area contributed by atoms with E-state index in [1.807, 2.05) is 32.3 Å². The third-order valence-corrected chi connectivity index (χ3v) is 4.43.